The number of ether oxygens (including phenoxy) is 2. The second-order valence-electron chi connectivity index (χ2n) is 6.01. The van der Waals surface area contributed by atoms with Crippen molar-refractivity contribution in [2.75, 3.05) is 13.7 Å². The van der Waals surface area contributed by atoms with Crippen LogP contribution in [0.1, 0.15) is 27.7 Å². The molecule has 6 heteroatoms. The Morgan fingerprint density at radius 3 is 2.46 bits per heavy atom. The first-order chi connectivity index (χ1) is 13.5. The summed E-state index contributed by atoms with van der Waals surface area (Å²) in [4.78, 5) is 26.4. The third-order valence-corrected chi connectivity index (χ3v) is 5.57. The van der Waals surface area contributed by atoms with Crippen LogP contribution in [0.15, 0.2) is 54.6 Å². The van der Waals surface area contributed by atoms with Crippen LogP contribution in [-0.4, -0.2) is 25.5 Å². The molecule has 4 nitrogen and oxygen atoms in total. The highest BCUT2D eigenvalue weighted by Crippen LogP contribution is 2.35. The Labute approximate surface area is 172 Å². The van der Waals surface area contributed by atoms with E-state index in [-0.39, 0.29) is 18.2 Å². The lowest BCUT2D eigenvalue weighted by molar-refractivity contribution is -0.142. The molecule has 28 heavy (non-hydrogen) atoms. The third kappa shape index (κ3) is 4.61. The molecular weight excluding hydrogens is 396 g/mol. The minimum absolute atomic E-state index is 0.106. The summed E-state index contributed by atoms with van der Waals surface area (Å²) in [6, 6.07) is 16.1. The SMILES string of the molecule is CCOC(=O)Cc1cc(C(=O)c2cccc(Cl)c2)sc1-c1ccc(OC)cc1. The Kier molecular flexibility index (Phi) is 6.49. The maximum atomic E-state index is 12.9. The number of hydrogen-bond acceptors (Lipinski definition) is 5. The zero-order chi connectivity index (χ0) is 20.1. The minimum Gasteiger partial charge on any atom is -0.497 e. The molecule has 1 heterocycles. The van der Waals surface area contributed by atoms with Crippen LogP contribution < -0.4 is 4.74 Å². The molecule has 3 rings (SSSR count). The molecule has 0 amide bonds. The molecule has 3 aromatic rings. The van der Waals surface area contributed by atoms with Crippen LogP contribution in [-0.2, 0) is 16.0 Å². The fourth-order valence-corrected chi connectivity index (χ4v) is 4.14. The van der Waals surface area contributed by atoms with Crippen molar-refractivity contribution in [2.24, 2.45) is 0 Å². The van der Waals surface area contributed by atoms with Crippen LogP contribution in [0.3, 0.4) is 0 Å². The second kappa shape index (κ2) is 9.04. The Morgan fingerprint density at radius 2 is 1.82 bits per heavy atom. The monoisotopic (exact) mass is 414 g/mol. The molecule has 0 bridgehead atoms. The Morgan fingerprint density at radius 1 is 1.07 bits per heavy atom. The molecule has 144 valence electrons. The number of halogens is 1. The standard InChI is InChI=1S/C22H19ClO4S/c1-3-27-20(24)13-16-12-19(21(25)15-5-4-6-17(23)11-15)28-22(16)14-7-9-18(26-2)10-8-14/h4-12H,3,13H2,1-2H3. The number of benzene rings is 2. The smallest absolute Gasteiger partial charge is 0.310 e. The van der Waals surface area contributed by atoms with Crippen molar-refractivity contribution in [3.63, 3.8) is 0 Å². The van der Waals surface area contributed by atoms with Gasteiger partial charge in [0.2, 0.25) is 5.78 Å². The Bertz CT molecular complexity index is 992. The fourth-order valence-electron chi connectivity index (χ4n) is 2.80. The largest absolute Gasteiger partial charge is 0.497 e. The molecule has 0 fully saturated rings. The predicted octanol–water partition coefficient (Wildman–Crippen LogP) is 5.41. The van der Waals surface area contributed by atoms with Gasteiger partial charge in [-0.3, -0.25) is 9.59 Å². The zero-order valence-electron chi connectivity index (χ0n) is 15.5. The van der Waals surface area contributed by atoms with Crippen LogP contribution >= 0.6 is 22.9 Å². The van der Waals surface area contributed by atoms with Crippen molar-refractivity contribution in [3.8, 4) is 16.2 Å². The fraction of sp³-hybridized carbons (Fsp3) is 0.182. The molecule has 2 aromatic carbocycles. The summed E-state index contributed by atoms with van der Waals surface area (Å²) in [5, 5.41) is 0.504. The van der Waals surface area contributed by atoms with Crippen LogP contribution in [0.2, 0.25) is 5.02 Å². The van der Waals surface area contributed by atoms with E-state index in [1.165, 1.54) is 11.3 Å². The van der Waals surface area contributed by atoms with Crippen molar-refractivity contribution >= 4 is 34.7 Å². The van der Waals surface area contributed by atoms with Gasteiger partial charge in [-0.1, -0.05) is 23.7 Å². The van der Waals surface area contributed by atoms with Gasteiger partial charge in [0.15, 0.2) is 0 Å². The van der Waals surface area contributed by atoms with E-state index in [2.05, 4.69) is 0 Å². The van der Waals surface area contributed by atoms with Crippen molar-refractivity contribution in [1.82, 2.24) is 0 Å². The molecule has 0 atom stereocenters. The highest BCUT2D eigenvalue weighted by atomic mass is 35.5. The highest BCUT2D eigenvalue weighted by molar-refractivity contribution is 7.17. The summed E-state index contributed by atoms with van der Waals surface area (Å²) in [6.07, 6.45) is 0.106. The number of hydrogen-bond donors (Lipinski definition) is 0. The molecule has 0 unspecified atom stereocenters. The van der Waals surface area contributed by atoms with Crippen LogP contribution in [0.25, 0.3) is 10.4 Å². The van der Waals surface area contributed by atoms with Gasteiger partial charge in [-0.2, -0.15) is 0 Å². The van der Waals surface area contributed by atoms with Gasteiger partial charge in [0, 0.05) is 15.5 Å². The lowest BCUT2D eigenvalue weighted by Gasteiger charge is -2.05. The number of esters is 1. The van der Waals surface area contributed by atoms with E-state index in [1.54, 1.807) is 44.4 Å². The summed E-state index contributed by atoms with van der Waals surface area (Å²) < 4.78 is 10.3. The average molecular weight is 415 g/mol. The van der Waals surface area contributed by atoms with Gasteiger partial charge in [0.05, 0.1) is 25.0 Å². The van der Waals surface area contributed by atoms with E-state index in [9.17, 15) is 9.59 Å². The van der Waals surface area contributed by atoms with E-state index >= 15 is 0 Å². The van der Waals surface area contributed by atoms with Gasteiger partial charge < -0.3 is 9.47 Å². The van der Waals surface area contributed by atoms with Crippen LogP contribution in [0.5, 0.6) is 5.75 Å². The molecule has 0 saturated carbocycles. The summed E-state index contributed by atoms with van der Waals surface area (Å²) in [6.45, 7) is 2.08. The molecule has 0 aliphatic rings. The van der Waals surface area contributed by atoms with Gasteiger partial charge in [-0.25, -0.2) is 0 Å². The first-order valence-corrected chi connectivity index (χ1v) is 9.94. The number of methoxy groups -OCH3 is 1. The Hall–Kier alpha value is -2.63. The summed E-state index contributed by atoms with van der Waals surface area (Å²) in [5.41, 5.74) is 2.19. The van der Waals surface area contributed by atoms with Crippen molar-refractivity contribution in [3.05, 3.63) is 75.6 Å². The number of ketones is 1. The first-order valence-electron chi connectivity index (χ1n) is 8.74. The number of carbonyl (C=O) groups is 2. The summed E-state index contributed by atoms with van der Waals surface area (Å²) in [5.74, 6) is 0.289. The van der Waals surface area contributed by atoms with Gasteiger partial charge >= 0.3 is 5.97 Å². The molecule has 0 radical (unpaired) electrons. The van der Waals surface area contributed by atoms with Crippen molar-refractivity contribution in [2.45, 2.75) is 13.3 Å². The van der Waals surface area contributed by atoms with Crippen molar-refractivity contribution in [1.29, 1.82) is 0 Å². The predicted molar refractivity (Wildman–Crippen MR) is 112 cm³/mol. The third-order valence-electron chi connectivity index (χ3n) is 4.11. The minimum atomic E-state index is -0.322. The van der Waals surface area contributed by atoms with E-state index in [0.717, 1.165) is 21.8 Å². The van der Waals surface area contributed by atoms with E-state index in [4.69, 9.17) is 21.1 Å². The van der Waals surface area contributed by atoms with Gasteiger partial charge in [-0.15, -0.1) is 11.3 Å². The van der Waals surface area contributed by atoms with E-state index in [1.807, 2.05) is 24.3 Å². The quantitative estimate of drug-likeness (QED) is 0.383. The Balaban J connectivity index is 2.01. The normalized spacial score (nSPS) is 10.5. The van der Waals surface area contributed by atoms with Gasteiger partial charge in [-0.05, 0) is 60.5 Å². The topological polar surface area (TPSA) is 52.6 Å². The van der Waals surface area contributed by atoms with E-state index < -0.39 is 0 Å². The molecule has 0 spiro atoms. The maximum absolute atomic E-state index is 12.9. The van der Waals surface area contributed by atoms with E-state index in [0.29, 0.717) is 22.1 Å². The molecule has 0 aliphatic heterocycles. The van der Waals surface area contributed by atoms with Crippen LogP contribution in [0.4, 0.5) is 0 Å². The number of rotatable bonds is 7. The number of carbonyl (C=O) groups excluding carboxylic acids is 2. The highest BCUT2D eigenvalue weighted by Gasteiger charge is 2.20. The average Bonchev–Trinajstić information content (AvgIpc) is 3.11. The molecular formula is C22H19ClO4S. The molecule has 0 saturated heterocycles. The van der Waals surface area contributed by atoms with Crippen molar-refractivity contribution < 1.29 is 19.1 Å². The van der Waals surface area contributed by atoms with Crippen LogP contribution in [0, 0.1) is 0 Å². The maximum Gasteiger partial charge on any atom is 0.310 e. The lowest BCUT2D eigenvalue weighted by Crippen LogP contribution is -2.07. The van der Waals surface area contributed by atoms with Gasteiger partial charge in [0.1, 0.15) is 5.75 Å². The first kappa shape index (κ1) is 20.1. The summed E-state index contributed by atoms with van der Waals surface area (Å²) >= 11 is 7.37. The van der Waals surface area contributed by atoms with Gasteiger partial charge in [0.25, 0.3) is 0 Å². The second-order valence-corrected chi connectivity index (χ2v) is 7.50. The lowest BCUT2D eigenvalue weighted by atomic mass is 10.0. The molecule has 0 aliphatic carbocycles. The summed E-state index contributed by atoms with van der Waals surface area (Å²) in [7, 11) is 1.61. The zero-order valence-corrected chi connectivity index (χ0v) is 17.1. The molecule has 1 aromatic heterocycles. The number of thiophene rings is 1. The molecule has 0 N–H and O–H groups in total.